The molecular formula is C85H97N7O30S. The highest BCUT2D eigenvalue weighted by molar-refractivity contribution is 7.14. The van der Waals surface area contributed by atoms with E-state index >= 15 is 0 Å². The summed E-state index contributed by atoms with van der Waals surface area (Å²) >= 11 is 1.32. The normalized spacial score (nSPS) is 25.9. The highest BCUT2D eigenvalue weighted by Crippen LogP contribution is 2.37. The van der Waals surface area contributed by atoms with Gasteiger partial charge in [-0.15, -0.1) is 11.3 Å². The lowest BCUT2D eigenvalue weighted by molar-refractivity contribution is -0.277. The van der Waals surface area contributed by atoms with E-state index in [0.29, 0.717) is 16.3 Å². The Morgan fingerprint density at radius 3 is 1.20 bits per heavy atom. The SMILES string of the molecule is C.O=C(NCc1ccc2nc[nH]c2c1)c1c(O)cccc1O[C@@H]1O[C@H](CO)[C@@H](O)[C@H](O)[C@H]1O.O=C(NCc1ccccc1)c1c(O)cccc1O[C@@H]1O[C@H](CO)[C@@H](O)[C@H](O)[C@H]1O.O=C(NCc1ccccc1)c1c(O)cccc1O[C@@H]1O[C@H](CO)[C@@H](O)[C@H](O)[C@H]1O.O=C(Nc1nc(-c2ccccc2)cs1)c1ccccc1C[C@@H]1O[C@H](CO)[C@@H](O)[C@H](O)[C@H]1O. The van der Waals surface area contributed by atoms with Gasteiger partial charge in [0.2, 0.25) is 18.9 Å². The minimum atomic E-state index is -1.66. The van der Waals surface area contributed by atoms with Gasteiger partial charge in [-0.2, -0.15) is 0 Å². The number of imidazole rings is 1. The van der Waals surface area contributed by atoms with Crippen molar-refractivity contribution in [2.24, 2.45) is 0 Å². The first-order valence-corrected chi connectivity index (χ1v) is 39.0. The minimum Gasteiger partial charge on any atom is -0.507 e. The van der Waals surface area contributed by atoms with E-state index < -0.39 is 167 Å². The van der Waals surface area contributed by atoms with Crippen LogP contribution >= 0.6 is 11.3 Å². The second kappa shape index (κ2) is 44.2. The van der Waals surface area contributed by atoms with Gasteiger partial charge in [0, 0.05) is 42.6 Å². The van der Waals surface area contributed by atoms with Crippen molar-refractivity contribution in [3.05, 3.63) is 244 Å². The molecule has 14 rings (SSSR count). The number of anilines is 1. The number of amides is 4. The maximum absolute atomic E-state index is 13.0. The van der Waals surface area contributed by atoms with Crippen molar-refractivity contribution in [2.75, 3.05) is 31.7 Å². The van der Waals surface area contributed by atoms with Crippen LogP contribution in [0, 0.1) is 0 Å². The third kappa shape index (κ3) is 23.4. The number of aromatic nitrogens is 3. The molecule has 0 radical (unpaired) electrons. The zero-order valence-electron chi connectivity index (χ0n) is 64.5. The second-order valence-corrected chi connectivity index (χ2v) is 29.1. The predicted octanol–water partition coefficient (Wildman–Crippen LogP) is 0.462. The number of nitrogens with one attached hydrogen (secondary N) is 5. The summed E-state index contributed by atoms with van der Waals surface area (Å²) in [4.78, 5) is 62.7. The van der Waals surface area contributed by atoms with E-state index in [9.17, 15) is 116 Å². The Bertz CT molecular complexity index is 4920. The lowest BCUT2D eigenvalue weighted by Crippen LogP contribution is -2.60. The molecule has 0 bridgehead atoms. The Labute approximate surface area is 706 Å². The fourth-order valence-electron chi connectivity index (χ4n) is 13.2. The molecule has 0 spiro atoms. The summed E-state index contributed by atoms with van der Waals surface area (Å²) in [5, 5.41) is 201. The number of carbonyl (C=O) groups excluding carboxylic acids is 4. The summed E-state index contributed by atoms with van der Waals surface area (Å²) in [5.74, 6) is -3.62. The maximum Gasteiger partial charge on any atom is 0.259 e. The minimum absolute atomic E-state index is 0. The molecule has 0 aliphatic carbocycles. The molecule has 37 nitrogen and oxygen atoms in total. The Morgan fingerprint density at radius 1 is 0.398 bits per heavy atom. The maximum atomic E-state index is 13.0. The molecular weight excluding hydrogens is 1630 g/mol. The molecule has 4 fully saturated rings. The average Bonchev–Trinajstić information content (AvgIpc) is 1.35. The fourth-order valence-corrected chi connectivity index (χ4v) is 13.9. The van der Waals surface area contributed by atoms with Crippen molar-refractivity contribution in [3.8, 4) is 45.8 Å². The van der Waals surface area contributed by atoms with Gasteiger partial charge in [0.15, 0.2) is 5.13 Å². The van der Waals surface area contributed by atoms with Crippen molar-refractivity contribution in [1.29, 1.82) is 0 Å². The number of hydrogen-bond acceptors (Lipinski definition) is 33. The summed E-state index contributed by atoms with van der Waals surface area (Å²) < 4.78 is 38.1. The molecule has 8 aromatic carbocycles. The first-order valence-electron chi connectivity index (χ1n) is 38.1. The summed E-state index contributed by atoms with van der Waals surface area (Å²) in [5.41, 5.74) is 6.22. The first-order chi connectivity index (χ1) is 58.7. The van der Waals surface area contributed by atoms with Crippen LogP contribution in [0.3, 0.4) is 0 Å². The molecule has 4 aliphatic heterocycles. The number of phenols is 3. The van der Waals surface area contributed by atoms with Crippen molar-refractivity contribution >= 4 is 51.1 Å². The Hall–Kier alpha value is -11.3. The first kappa shape index (κ1) is 94.0. The van der Waals surface area contributed by atoms with Crippen LogP contribution in [0.15, 0.2) is 200 Å². The average molecular weight is 1730 g/mol. The van der Waals surface area contributed by atoms with Crippen molar-refractivity contribution in [2.45, 2.75) is 156 Å². The number of rotatable bonds is 24. The van der Waals surface area contributed by atoms with Gasteiger partial charge in [0.25, 0.3) is 23.6 Å². The highest BCUT2D eigenvalue weighted by Gasteiger charge is 2.49. The van der Waals surface area contributed by atoms with Crippen molar-refractivity contribution < 1.29 is 149 Å². The van der Waals surface area contributed by atoms with E-state index in [1.807, 2.05) is 102 Å². The van der Waals surface area contributed by atoms with E-state index in [0.717, 1.165) is 39.0 Å². The van der Waals surface area contributed by atoms with Gasteiger partial charge >= 0.3 is 0 Å². The third-order valence-corrected chi connectivity index (χ3v) is 20.7. The fraction of sp³-hybridized carbons (Fsp3) is 0.341. The zero-order valence-corrected chi connectivity index (χ0v) is 65.4. The number of ether oxygens (including phenoxy) is 7. The predicted molar refractivity (Wildman–Crippen MR) is 436 cm³/mol. The molecule has 4 aliphatic rings. The molecule has 0 unspecified atom stereocenters. The number of aliphatic hydroxyl groups excluding tert-OH is 16. The molecule has 20 atom stereocenters. The van der Waals surface area contributed by atoms with E-state index in [-0.39, 0.29) is 90.6 Å². The number of benzene rings is 8. The van der Waals surface area contributed by atoms with Gasteiger partial charge in [0.05, 0.1) is 55.6 Å². The molecule has 0 saturated carbocycles. The van der Waals surface area contributed by atoms with Crippen LogP contribution < -0.4 is 35.5 Å². The molecule has 658 valence electrons. The Balaban J connectivity index is 0.000000171. The molecule has 4 amide bonds. The highest BCUT2D eigenvalue weighted by atomic mass is 32.1. The monoisotopic (exact) mass is 1730 g/mol. The number of aliphatic hydroxyl groups is 16. The van der Waals surface area contributed by atoms with Crippen LogP contribution in [0.2, 0.25) is 0 Å². The number of hydrogen-bond donors (Lipinski definition) is 24. The number of aromatic hydroxyl groups is 3. The van der Waals surface area contributed by atoms with Gasteiger partial charge in [-0.05, 0) is 76.9 Å². The molecule has 10 aromatic rings. The van der Waals surface area contributed by atoms with E-state index in [1.165, 1.54) is 65.9 Å². The Morgan fingerprint density at radius 2 is 0.772 bits per heavy atom. The summed E-state index contributed by atoms with van der Waals surface area (Å²) in [7, 11) is 0. The summed E-state index contributed by atoms with van der Waals surface area (Å²) in [6.07, 6.45) is -26.9. The standard InChI is InChI=1S/C23H24N2O6S.C21H23N3O8.2C20H23NO8.CH4/c26-11-18-20(28)21(29)19(27)17(31-18)10-14-8-4-5-9-15(14)22(30)25-23-24-16(12-32-23)13-6-2-1-3-7-13;25-8-15-17(27)18(28)19(29)21(32-15)31-14-3-1-2-13(26)16(14)20(30)22-7-10-4-5-11-12(6-10)24-9-23-11;2*22-10-14-16(24)17(25)18(26)20(29-14)28-13-8-4-7-12(23)15(13)19(27)21-9-11-5-2-1-3-6-11;/h1-9,12,17-21,26-29H,10-11H2,(H,24,25,30);1-6,9,15,17-19,21,25-29H,7-8H2,(H,22,30)(H,23,24);2*1-8,14,16-18,20,22-26H,9-10H2,(H,21,27);1H4/t17-,18+,19-,20+,21+;15-,17-,18+,19-,21-;2*14-,16-,17+,18-,20-;/m0111./s1. The molecule has 2 aromatic heterocycles. The number of aromatic amines is 1. The van der Waals surface area contributed by atoms with Crippen molar-refractivity contribution in [3.63, 3.8) is 0 Å². The molecule has 38 heteroatoms. The number of carbonyl (C=O) groups is 4. The van der Waals surface area contributed by atoms with E-state index in [4.69, 9.17) is 33.2 Å². The van der Waals surface area contributed by atoms with Gasteiger partial charge in [-0.25, -0.2) is 9.97 Å². The number of fused-ring (bicyclic) bond motifs is 1. The Kier molecular flexibility index (Phi) is 33.8. The lowest BCUT2D eigenvalue weighted by Gasteiger charge is -2.40. The van der Waals surface area contributed by atoms with Crippen LogP contribution in [0.5, 0.6) is 34.5 Å². The molecule has 6 heterocycles. The van der Waals surface area contributed by atoms with Crippen LogP contribution in [0.25, 0.3) is 22.3 Å². The van der Waals surface area contributed by atoms with E-state index in [2.05, 4.69) is 36.2 Å². The summed E-state index contributed by atoms with van der Waals surface area (Å²) in [6.45, 7) is -1.77. The van der Waals surface area contributed by atoms with Gasteiger partial charge in [-0.3, -0.25) is 24.5 Å². The summed E-state index contributed by atoms with van der Waals surface area (Å²) in [6, 6.07) is 52.6. The van der Waals surface area contributed by atoms with Gasteiger partial charge in [-0.1, -0.05) is 141 Å². The van der Waals surface area contributed by atoms with Crippen LogP contribution in [-0.2, 0) is 45.0 Å². The topological polar surface area (TPSA) is 607 Å². The van der Waals surface area contributed by atoms with Gasteiger partial charge in [0.1, 0.15) is 149 Å². The quantitative estimate of drug-likeness (QED) is 0.0391. The molecule has 123 heavy (non-hydrogen) atoms. The molecule has 24 N–H and O–H groups in total. The van der Waals surface area contributed by atoms with Crippen LogP contribution in [-0.4, -0.2) is 285 Å². The van der Waals surface area contributed by atoms with Crippen LogP contribution in [0.1, 0.15) is 71.1 Å². The zero-order chi connectivity index (χ0) is 87.4. The van der Waals surface area contributed by atoms with Crippen LogP contribution in [0.4, 0.5) is 5.13 Å². The number of thiazole rings is 1. The van der Waals surface area contributed by atoms with E-state index in [1.54, 1.807) is 42.7 Å². The van der Waals surface area contributed by atoms with Gasteiger partial charge < -0.3 is 151 Å². The second-order valence-electron chi connectivity index (χ2n) is 28.3. The number of phenolic OH excluding ortho intramolecular Hbond substituents is 3. The molecule has 4 saturated heterocycles. The smallest absolute Gasteiger partial charge is 0.259 e. The lowest BCUT2D eigenvalue weighted by atomic mass is 9.90. The largest absolute Gasteiger partial charge is 0.507 e. The van der Waals surface area contributed by atoms with Crippen molar-refractivity contribution in [1.82, 2.24) is 30.9 Å². The third-order valence-electron chi connectivity index (χ3n) is 20.0. The number of H-pyrrole nitrogens is 1. The number of nitrogens with zero attached hydrogens (tertiary/aromatic N) is 2.